The fourth-order valence-corrected chi connectivity index (χ4v) is 3.83. The number of rotatable bonds is 8. The molecule has 0 saturated carbocycles. The van der Waals surface area contributed by atoms with E-state index in [0.29, 0.717) is 0 Å². The average Bonchev–Trinajstić information content (AvgIpc) is 2.73. The van der Waals surface area contributed by atoms with Crippen molar-refractivity contribution in [3.8, 4) is 5.75 Å². The molecule has 1 fully saturated rings. The molecule has 6 heteroatoms. The van der Waals surface area contributed by atoms with Crippen LogP contribution in [0.2, 0.25) is 0 Å². The molecule has 0 aliphatic carbocycles. The zero-order chi connectivity index (χ0) is 19.9. The third kappa shape index (κ3) is 6.31. The number of methoxy groups -OCH3 is 1. The van der Waals surface area contributed by atoms with Crippen LogP contribution in [0.25, 0.3) is 0 Å². The van der Waals surface area contributed by atoms with Gasteiger partial charge in [-0.05, 0) is 42.2 Å². The molecule has 160 valence electrons. The fraction of sp³-hybridized carbons (Fsp3) is 0.478. The van der Waals surface area contributed by atoms with Crippen LogP contribution in [0.4, 0.5) is 14.5 Å². The Hall–Kier alpha value is -1.85. The van der Waals surface area contributed by atoms with Crippen LogP contribution >= 0.6 is 12.4 Å². The van der Waals surface area contributed by atoms with Gasteiger partial charge in [0, 0.05) is 44.0 Å². The molecule has 0 spiro atoms. The number of benzene rings is 2. The first kappa shape index (κ1) is 23.4. The molecule has 2 aromatic rings. The number of nitrogens with zero attached hydrogens (tertiary/aromatic N) is 2. The molecule has 0 amide bonds. The fourth-order valence-electron chi connectivity index (χ4n) is 3.83. The molecule has 0 N–H and O–H groups in total. The summed E-state index contributed by atoms with van der Waals surface area (Å²) < 4.78 is 31.3. The maximum Gasteiger partial charge on any atom is 0.263 e. The first-order valence-corrected chi connectivity index (χ1v) is 10.1. The average molecular weight is 425 g/mol. The Kier molecular flexibility index (Phi) is 9.18. The Morgan fingerprint density at radius 1 is 1.00 bits per heavy atom. The van der Waals surface area contributed by atoms with Crippen LogP contribution in [0, 0.1) is 0 Å². The number of halogens is 3. The summed E-state index contributed by atoms with van der Waals surface area (Å²) in [7, 11) is 1.73. The molecule has 0 bridgehead atoms. The van der Waals surface area contributed by atoms with Crippen molar-refractivity contribution in [3.05, 3.63) is 59.2 Å². The van der Waals surface area contributed by atoms with Gasteiger partial charge in [0.1, 0.15) is 5.75 Å². The zero-order valence-corrected chi connectivity index (χ0v) is 18.1. The van der Waals surface area contributed by atoms with Crippen molar-refractivity contribution in [1.29, 1.82) is 0 Å². The molecule has 0 unspecified atom stereocenters. The van der Waals surface area contributed by atoms with Gasteiger partial charge in [0.05, 0.1) is 7.11 Å². The van der Waals surface area contributed by atoms with E-state index in [4.69, 9.17) is 4.74 Å². The van der Waals surface area contributed by atoms with Gasteiger partial charge >= 0.3 is 0 Å². The van der Waals surface area contributed by atoms with E-state index in [1.807, 2.05) is 6.07 Å². The number of hydrogen-bond acceptors (Lipinski definition) is 3. The Morgan fingerprint density at radius 2 is 1.76 bits per heavy atom. The molecular weight excluding hydrogens is 394 g/mol. The molecular formula is C23H31ClF2N2O. The Labute approximate surface area is 179 Å². The van der Waals surface area contributed by atoms with Crippen molar-refractivity contribution in [1.82, 2.24) is 4.90 Å². The second-order valence-electron chi connectivity index (χ2n) is 7.37. The Bertz CT molecular complexity index is 764. The lowest BCUT2D eigenvalue weighted by Crippen LogP contribution is -2.47. The molecule has 0 radical (unpaired) electrons. The third-order valence-electron chi connectivity index (χ3n) is 5.44. The van der Waals surface area contributed by atoms with Gasteiger partial charge in [0.25, 0.3) is 6.43 Å². The Morgan fingerprint density at radius 3 is 2.41 bits per heavy atom. The van der Waals surface area contributed by atoms with E-state index < -0.39 is 6.43 Å². The maximum atomic E-state index is 12.9. The minimum atomic E-state index is -2.41. The number of hydrogen-bond donors (Lipinski definition) is 0. The molecule has 1 aliphatic heterocycles. The van der Waals surface area contributed by atoms with Crippen LogP contribution < -0.4 is 9.64 Å². The number of alkyl halides is 2. The van der Waals surface area contributed by atoms with E-state index in [2.05, 4.69) is 34.9 Å². The van der Waals surface area contributed by atoms with E-state index in [-0.39, 0.29) is 18.0 Å². The molecule has 1 heterocycles. The van der Waals surface area contributed by atoms with Gasteiger partial charge < -0.3 is 9.64 Å². The number of aryl methyl sites for hydroxylation is 1. The second-order valence-corrected chi connectivity index (χ2v) is 7.37. The highest BCUT2D eigenvalue weighted by Gasteiger charge is 2.18. The summed E-state index contributed by atoms with van der Waals surface area (Å²) in [5, 5.41) is 0. The van der Waals surface area contributed by atoms with Crippen molar-refractivity contribution in [3.63, 3.8) is 0 Å². The molecule has 0 aromatic heterocycles. The van der Waals surface area contributed by atoms with E-state index in [1.165, 1.54) is 17.2 Å². The van der Waals surface area contributed by atoms with E-state index in [0.717, 1.165) is 63.4 Å². The van der Waals surface area contributed by atoms with E-state index >= 15 is 0 Å². The van der Waals surface area contributed by atoms with E-state index in [1.54, 1.807) is 19.2 Å². The summed E-state index contributed by atoms with van der Waals surface area (Å²) in [6, 6.07) is 13.3. The van der Waals surface area contributed by atoms with Gasteiger partial charge in [-0.1, -0.05) is 37.6 Å². The maximum absolute atomic E-state index is 12.9. The van der Waals surface area contributed by atoms with Crippen LogP contribution in [0.1, 0.15) is 36.5 Å². The largest absolute Gasteiger partial charge is 0.496 e. The third-order valence-corrected chi connectivity index (χ3v) is 5.44. The standard InChI is InChI=1S/C23H30F2N2O.ClH/c1-3-5-19-16-18(8-9-22(19)28-2)10-11-26-12-14-27(15-13-26)21-7-4-6-20(17-21)23(24)25;/h4,6-9,16-17,23H,3,5,10-15H2,1-2H3;1H. The summed E-state index contributed by atoms with van der Waals surface area (Å²) in [6.07, 6.45) is 0.743. The molecule has 2 aromatic carbocycles. The second kappa shape index (κ2) is 11.4. The predicted molar refractivity (Wildman–Crippen MR) is 118 cm³/mol. The van der Waals surface area contributed by atoms with Gasteiger partial charge in [0.15, 0.2) is 0 Å². The lowest BCUT2D eigenvalue weighted by molar-refractivity contribution is 0.151. The molecule has 3 rings (SSSR count). The SMILES string of the molecule is CCCc1cc(CCN2CCN(c3cccc(C(F)F)c3)CC2)ccc1OC.Cl. The normalized spacial score (nSPS) is 14.7. The van der Waals surface area contributed by atoms with Gasteiger partial charge in [0.2, 0.25) is 0 Å². The molecule has 29 heavy (non-hydrogen) atoms. The summed E-state index contributed by atoms with van der Waals surface area (Å²) in [6.45, 7) is 6.85. The highest BCUT2D eigenvalue weighted by Crippen LogP contribution is 2.25. The zero-order valence-electron chi connectivity index (χ0n) is 17.2. The van der Waals surface area contributed by atoms with Crippen molar-refractivity contribution >= 4 is 18.1 Å². The summed E-state index contributed by atoms with van der Waals surface area (Å²) in [5.74, 6) is 0.977. The molecule has 3 nitrogen and oxygen atoms in total. The lowest BCUT2D eigenvalue weighted by Gasteiger charge is -2.36. The molecule has 1 saturated heterocycles. The quantitative estimate of drug-likeness (QED) is 0.566. The first-order valence-electron chi connectivity index (χ1n) is 10.1. The predicted octanol–water partition coefficient (Wildman–Crippen LogP) is 5.37. The van der Waals surface area contributed by atoms with Crippen LogP contribution in [-0.2, 0) is 12.8 Å². The van der Waals surface area contributed by atoms with Gasteiger partial charge in [-0.15, -0.1) is 12.4 Å². The van der Waals surface area contributed by atoms with Crippen LogP contribution in [0.3, 0.4) is 0 Å². The molecule has 0 atom stereocenters. The van der Waals surface area contributed by atoms with Crippen LogP contribution in [0.5, 0.6) is 5.75 Å². The first-order chi connectivity index (χ1) is 13.6. The number of piperazine rings is 1. The highest BCUT2D eigenvalue weighted by atomic mass is 35.5. The van der Waals surface area contributed by atoms with Gasteiger partial charge in [-0.25, -0.2) is 8.78 Å². The van der Waals surface area contributed by atoms with Crippen molar-refractivity contribution < 1.29 is 13.5 Å². The molecule has 1 aliphatic rings. The number of anilines is 1. The lowest BCUT2D eigenvalue weighted by atomic mass is 10.0. The van der Waals surface area contributed by atoms with Gasteiger partial charge in [-0.3, -0.25) is 4.90 Å². The van der Waals surface area contributed by atoms with Crippen LogP contribution in [-0.4, -0.2) is 44.7 Å². The highest BCUT2D eigenvalue weighted by molar-refractivity contribution is 5.85. The minimum Gasteiger partial charge on any atom is -0.496 e. The summed E-state index contributed by atoms with van der Waals surface area (Å²) in [5.41, 5.74) is 3.63. The smallest absolute Gasteiger partial charge is 0.263 e. The van der Waals surface area contributed by atoms with Crippen LogP contribution in [0.15, 0.2) is 42.5 Å². The number of ether oxygens (including phenoxy) is 1. The van der Waals surface area contributed by atoms with Crippen molar-refractivity contribution in [2.24, 2.45) is 0 Å². The minimum absolute atomic E-state index is 0. The van der Waals surface area contributed by atoms with Crippen molar-refractivity contribution in [2.75, 3.05) is 44.7 Å². The summed E-state index contributed by atoms with van der Waals surface area (Å²) >= 11 is 0. The van der Waals surface area contributed by atoms with E-state index in [9.17, 15) is 8.78 Å². The van der Waals surface area contributed by atoms with Gasteiger partial charge in [-0.2, -0.15) is 0 Å². The van der Waals surface area contributed by atoms with Crippen molar-refractivity contribution in [2.45, 2.75) is 32.6 Å². The Balaban J connectivity index is 0.00000300. The topological polar surface area (TPSA) is 15.7 Å². The summed E-state index contributed by atoms with van der Waals surface area (Å²) in [4.78, 5) is 4.66. The monoisotopic (exact) mass is 424 g/mol.